The van der Waals surface area contributed by atoms with E-state index in [4.69, 9.17) is 14.7 Å². The molecule has 1 fully saturated rings. The van der Waals surface area contributed by atoms with E-state index in [1.54, 1.807) is 24.3 Å². The zero-order valence-corrected chi connectivity index (χ0v) is 9.89. The van der Waals surface area contributed by atoms with Gasteiger partial charge in [-0.2, -0.15) is 5.26 Å². The lowest BCUT2D eigenvalue weighted by Gasteiger charge is -2.25. The van der Waals surface area contributed by atoms with Crippen LogP contribution < -0.4 is 5.32 Å². The molecule has 94 valence electrons. The van der Waals surface area contributed by atoms with Gasteiger partial charge in [-0.1, -0.05) is 0 Å². The van der Waals surface area contributed by atoms with E-state index >= 15 is 0 Å². The fraction of sp³-hybridized carbons (Fsp3) is 0.385. The molecule has 0 aromatic heterocycles. The fourth-order valence-electron chi connectivity index (χ4n) is 1.48. The van der Waals surface area contributed by atoms with Crippen molar-refractivity contribution in [3.8, 4) is 6.07 Å². The van der Waals surface area contributed by atoms with Crippen LogP contribution in [-0.2, 0) is 14.3 Å². The number of benzene rings is 1. The number of hydrogen-bond acceptors (Lipinski definition) is 4. The van der Waals surface area contributed by atoms with Crippen molar-refractivity contribution in [2.24, 2.45) is 0 Å². The number of carbonyl (C=O) groups is 1. The molecule has 5 nitrogen and oxygen atoms in total. The number of nitrogens with one attached hydrogen (secondary N) is 1. The second-order valence-corrected chi connectivity index (χ2v) is 4.02. The largest absolute Gasteiger partial charge is 0.376 e. The number of rotatable bonds is 5. The highest BCUT2D eigenvalue weighted by molar-refractivity contribution is 5.90. The summed E-state index contributed by atoms with van der Waals surface area (Å²) < 4.78 is 10.4. The van der Waals surface area contributed by atoms with Crippen molar-refractivity contribution in [3.63, 3.8) is 0 Å². The van der Waals surface area contributed by atoms with Crippen molar-refractivity contribution in [1.82, 2.24) is 0 Å². The lowest BCUT2D eigenvalue weighted by molar-refractivity contribution is -0.135. The number of nitriles is 1. The zero-order chi connectivity index (χ0) is 12.8. The van der Waals surface area contributed by atoms with Crippen molar-refractivity contribution in [2.75, 3.05) is 25.1 Å². The van der Waals surface area contributed by atoms with Gasteiger partial charge in [0.25, 0.3) is 0 Å². The SMILES string of the molecule is N#Cc1ccc(NC(=O)CCOC2COC2)cc1. The topological polar surface area (TPSA) is 71.4 Å². The Hall–Kier alpha value is -1.90. The summed E-state index contributed by atoms with van der Waals surface area (Å²) in [5.74, 6) is -0.0973. The van der Waals surface area contributed by atoms with E-state index < -0.39 is 0 Å². The van der Waals surface area contributed by atoms with Crippen molar-refractivity contribution in [2.45, 2.75) is 12.5 Å². The molecule has 1 N–H and O–H groups in total. The average molecular weight is 246 g/mol. The number of nitrogens with zero attached hydrogens (tertiary/aromatic N) is 1. The van der Waals surface area contributed by atoms with Gasteiger partial charge in [0.15, 0.2) is 0 Å². The van der Waals surface area contributed by atoms with Crippen LogP contribution in [0.2, 0.25) is 0 Å². The van der Waals surface area contributed by atoms with Crippen LogP contribution in [0.5, 0.6) is 0 Å². The van der Waals surface area contributed by atoms with Crippen molar-refractivity contribution in [3.05, 3.63) is 29.8 Å². The van der Waals surface area contributed by atoms with E-state index in [1.165, 1.54) is 0 Å². The molecule has 5 heteroatoms. The van der Waals surface area contributed by atoms with E-state index in [0.717, 1.165) is 0 Å². The van der Waals surface area contributed by atoms with Crippen molar-refractivity contribution < 1.29 is 14.3 Å². The van der Waals surface area contributed by atoms with Gasteiger partial charge in [0.2, 0.25) is 5.91 Å². The van der Waals surface area contributed by atoms with Crippen LogP contribution in [0.15, 0.2) is 24.3 Å². The molecule has 0 aliphatic carbocycles. The molecule has 1 aromatic carbocycles. The van der Waals surface area contributed by atoms with E-state index in [0.29, 0.717) is 37.5 Å². The van der Waals surface area contributed by atoms with Crippen LogP contribution in [-0.4, -0.2) is 31.8 Å². The van der Waals surface area contributed by atoms with E-state index in [2.05, 4.69) is 5.32 Å². The first-order chi connectivity index (χ1) is 8.78. The Kier molecular flexibility index (Phi) is 4.29. The Bertz CT molecular complexity index is 446. The molecule has 1 aliphatic rings. The zero-order valence-electron chi connectivity index (χ0n) is 9.89. The van der Waals surface area contributed by atoms with Gasteiger partial charge >= 0.3 is 0 Å². The van der Waals surface area contributed by atoms with Gasteiger partial charge in [0.1, 0.15) is 6.10 Å². The van der Waals surface area contributed by atoms with Gasteiger partial charge in [-0.3, -0.25) is 4.79 Å². The second kappa shape index (κ2) is 6.15. The monoisotopic (exact) mass is 246 g/mol. The van der Waals surface area contributed by atoms with Gasteiger partial charge in [0.05, 0.1) is 37.9 Å². The Morgan fingerprint density at radius 2 is 2.17 bits per heavy atom. The molecule has 1 amide bonds. The smallest absolute Gasteiger partial charge is 0.226 e. The lowest BCUT2D eigenvalue weighted by Crippen LogP contribution is -2.36. The molecule has 0 bridgehead atoms. The summed E-state index contributed by atoms with van der Waals surface area (Å²) in [5, 5.41) is 11.4. The predicted molar refractivity (Wildman–Crippen MR) is 65.0 cm³/mol. The van der Waals surface area contributed by atoms with Gasteiger partial charge in [0, 0.05) is 5.69 Å². The van der Waals surface area contributed by atoms with Crippen LogP contribution in [0.1, 0.15) is 12.0 Å². The van der Waals surface area contributed by atoms with Crippen molar-refractivity contribution >= 4 is 11.6 Å². The molecule has 1 heterocycles. The average Bonchev–Trinajstić information content (AvgIpc) is 2.33. The van der Waals surface area contributed by atoms with E-state index in [9.17, 15) is 4.79 Å². The highest BCUT2D eigenvalue weighted by Gasteiger charge is 2.18. The number of carbonyl (C=O) groups excluding carboxylic acids is 1. The summed E-state index contributed by atoms with van der Waals surface area (Å²) in [6, 6.07) is 8.76. The summed E-state index contributed by atoms with van der Waals surface area (Å²) in [4.78, 5) is 11.6. The molecule has 2 rings (SSSR count). The number of hydrogen-bond donors (Lipinski definition) is 1. The summed E-state index contributed by atoms with van der Waals surface area (Å²) in [6.45, 7) is 1.64. The number of amides is 1. The summed E-state index contributed by atoms with van der Waals surface area (Å²) in [7, 11) is 0. The Labute approximate surface area is 105 Å². The third kappa shape index (κ3) is 3.55. The molecule has 0 saturated carbocycles. The second-order valence-electron chi connectivity index (χ2n) is 4.02. The predicted octanol–water partition coefficient (Wildman–Crippen LogP) is 1.30. The third-order valence-electron chi connectivity index (χ3n) is 2.59. The minimum atomic E-state index is -0.0973. The van der Waals surface area contributed by atoms with Crippen LogP contribution in [0, 0.1) is 11.3 Å². The Balaban J connectivity index is 1.70. The quantitative estimate of drug-likeness (QED) is 0.850. The van der Waals surface area contributed by atoms with E-state index in [-0.39, 0.29) is 12.0 Å². The maximum atomic E-state index is 11.6. The molecule has 18 heavy (non-hydrogen) atoms. The fourth-order valence-corrected chi connectivity index (χ4v) is 1.48. The number of anilines is 1. The minimum Gasteiger partial charge on any atom is -0.376 e. The van der Waals surface area contributed by atoms with E-state index in [1.807, 2.05) is 6.07 Å². The first-order valence-corrected chi connectivity index (χ1v) is 5.77. The first kappa shape index (κ1) is 12.6. The molecule has 0 radical (unpaired) electrons. The Morgan fingerprint density at radius 1 is 1.44 bits per heavy atom. The van der Waals surface area contributed by atoms with Gasteiger partial charge in [-0.25, -0.2) is 0 Å². The van der Waals surface area contributed by atoms with Gasteiger partial charge in [-0.05, 0) is 24.3 Å². The molecule has 1 aliphatic heterocycles. The lowest BCUT2D eigenvalue weighted by atomic mass is 10.2. The van der Waals surface area contributed by atoms with Crippen LogP contribution >= 0.6 is 0 Å². The Morgan fingerprint density at radius 3 is 2.72 bits per heavy atom. The highest BCUT2D eigenvalue weighted by Crippen LogP contribution is 2.10. The van der Waals surface area contributed by atoms with Crippen LogP contribution in [0.4, 0.5) is 5.69 Å². The summed E-state index contributed by atoms with van der Waals surface area (Å²) in [5.41, 5.74) is 1.26. The van der Waals surface area contributed by atoms with Crippen molar-refractivity contribution in [1.29, 1.82) is 5.26 Å². The van der Waals surface area contributed by atoms with Crippen LogP contribution in [0.25, 0.3) is 0 Å². The molecule has 0 unspecified atom stereocenters. The molecular formula is C13H14N2O3. The first-order valence-electron chi connectivity index (χ1n) is 5.77. The van der Waals surface area contributed by atoms with Gasteiger partial charge in [-0.15, -0.1) is 0 Å². The standard InChI is InChI=1S/C13H14N2O3/c14-7-10-1-3-11(4-2-10)15-13(16)5-6-18-12-8-17-9-12/h1-4,12H,5-6,8-9H2,(H,15,16). The molecule has 0 atom stereocenters. The highest BCUT2D eigenvalue weighted by atomic mass is 16.6. The molecule has 1 aromatic rings. The maximum absolute atomic E-state index is 11.6. The third-order valence-corrected chi connectivity index (χ3v) is 2.59. The minimum absolute atomic E-state index is 0.0973. The van der Waals surface area contributed by atoms with Gasteiger partial charge < -0.3 is 14.8 Å². The summed E-state index contributed by atoms with van der Waals surface area (Å²) >= 11 is 0. The molecule has 1 saturated heterocycles. The molecule has 0 spiro atoms. The van der Waals surface area contributed by atoms with Crippen LogP contribution in [0.3, 0.4) is 0 Å². The normalized spacial score (nSPS) is 14.6. The summed E-state index contributed by atoms with van der Waals surface area (Å²) in [6.07, 6.45) is 0.462. The maximum Gasteiger partial charge on any atom is 0.226 e. The molecular weight excluding hydrogens is 232 g/mol. The number of ether oxygens (including phenoxy) is 2.